The number of rotatable bonds is 4. The van der Waals surface area contributed by atoms with E-state index in [1.807, 2.05) is 4.52 Å². The smallest absolute Gasteiger partial charge is 0.187 e. The van der Waals surface area contributed by atoms with Crippen molar-refractivity contribution in [1.29, 1.82) is 0 Å². The number of aromatic nitrogens is 4. The van der Waals surface area contributed by atoms with Gasteiger partial charge in [0.25, 0.3) is 0 Å². The van der Waals surface area contributed by atoms with Gasteiger partial charge in [0.05, 0.1) is 0 Å². The van der Waals surface area contributed by atoms with Crippen molar-refractivity contribution in [2.45, 2.75) is 26.2 Å². The molecular formula is C17H16N4S. The second-order valence-electron chi connectivity index (χ2n) is 5.37. The Bertz CT molecular complexity index is 933. The normalized spacial score (nSPS) is 11.5. The molecular weight excluding hydrogens is 292 g/mol. The topological polar surface area (TPSA) is 43.1 Å². The summed E-state index contributed by atoms with van der Waals surface area (Å²) in [6.45, 7) is 2.14. The number of hydrogen-bond acceptors (Lipinski definition) is 4. The van der Waals surface area contributed by atoms with Crippen molar-refractivity contribution in [3.8, 4) is 0 Å². The molecule has 0 unspecified atom stereocenters. The molecule has 2 heterocycles. The number of aryl methyl sites for hydroxylation is 1. The molecule has 0 bridgehead atoms. The maximum Gasteiger partial charge on any atom is 0.234 e. The fourth-order valence-corrected chi connectivity index (χ4v) is 3.63. The lowest BCUT2D eigenvalue weighted by atomic mass is 10.0. The van der Waals surface area contributed by atoms with Gasteiger partial charge in [-0.1, -0.05) is 60.7 Å². The van der Waals surface area contributed by atoms with Crippen molar-refractivity contribution in [2.24, 2.45) is 0 Å². The molecule has 22 heavy (non-hydrogen) atoms. The van der Waals surface area contributed by atoms with Gasteiger partial charge in [0, 0.05) is 12.8 Å². The molecule has 4 aromatic rings. The van der Waals surface area contributed by atoms with Crippen LogP contribution in [0.3, 0.4) is 0 Å². The van der Waals surface area contributed by atoms with Crippen LogP contribution in [0, 0.1) is 0 Å². The third-order valence-electron chi connectivity index (χ3n) is 3.79. The molecule has 0 atom stereocenters. The maximum absolute atomic E-state index is 4.70. The molecule has 0 aliphatic carbocycles. The van der Waals surface area contributed by atoms with E-state index in [-0.39, 0.29) is 0 Å². The highest BCUT2D eigenvalue weighted by molar-refractivity contribution is 7.16. The molecule has 0 spiro atoms. The van der Waals surface area contributed by atoms with Crippen LogP contribution in [-0.2, 0) is 12.8 Å². The van der Waals surface area contributed by atoms with Crippen LogP contribution in [0.2, 0.25) is 0 Å². The molecule has 0 amide bonds. The van der Waals surface area contributed by atoms with Gasteiger partial charge in [0.2, 0.25) is 4.96 Å². The summed E-state index contributed by atoms with van der Waals surface area (Å²) in [4.78, 5) is 0.888. The number of hydrogen-bond donors (Lipinski definition) is 0. The van der Waals surface area contributed by atoms with Crippen LogP contribution in [0.4, 0.5) is 0 Å². The van der Waals surface area contributed by atoms with Gasteiger partial charge in [-0.3, -0.25) is 0 Å². The third-order valence-corrected chi connectivity index (χ3v) is 4.69. The number of nitrogens with zero attached hydrogens (tertiary/aromatic N) is 4. The largest absolute Gasteiger partial charge is 0.234 e. The van der Waals surface area contributed by atoms with Crippen molar-refractivity contribution in [1.82, 2.24) is 19.8 Å². The number of benzene rings is 2. The first kappa shape index (κ1) is 13.4. The van der Waals surface area contributed by atoms with E-state index in [9.17, 15) is 0 Å². The first-order chi connectivity index (χ1) is 10.8. The van der Waals surface area contributed by atoms with Crippen LogP contribution in [0.15, 0.2) is 42.5 Å². The SMILES string of the molecule is CCCc1nnc2sc(Cc3cccc4ccccc34)nn12. The summed E-state index contributed by atoms with van der Waals surface area (Å²) in [7, 11) is 0. The van der Waals surface area contributed by atoms with Crippen molar-refractivity contribution in [3.05, 3.63) is 58.9 Å². The van der Waals surface area contributed by atoms with Gasteiger partial charge in [0.15, 0.2) is 5.82 Å². The van der Waals surface area contributed by atoms with Gasteiger partial charge in [-0.2, -0.15) is 9.61 Å². The van der Waals surface area contributed by atoms with E-state index in [1.54, 1.807) is 11.3 Å². The van der Waals surface area contributed by atoms with E-state index in [4.69, 9.17) is 5.10 Å². The Balaban J connectivity index is 1.73. The number of fused-ring (bicyclic) bond motifs is 2. The minimum absolute atomic E-state index is 0.834. The Morgan fingerprint density at radius 2 is 1.91 bits per heavy atom. The minimum Gasteiger partial charge on any atom is -0.187 e. The predicted octanol–water partition coefficient (Wildman–Crippen LogP) is 3.88. The standard InChI is InChI=1S/C17H16N4S/c1-2-6-15-18-19-17-21(15)20-16(22-17)11-13-9-5-8-12-7-3-4-10-14(12)13/h3-5,7-10H,2,6,11H2,1H3. The molecule has 0 saturated heterocycles. The van der Waals surface area contributed by atoms with Crippen LogP contribution in [0.25, 0.3) is 15.7 Å². The molecule has 0 radical (unpaired) electrons. The average molecular weight is 308 g/mol. The monoisotopic (exact) mass is 308 g/mol. The summed E-state index contributed by atoms with van der Waals surface area (Å²) in [6.07, 6.45) is 2.80. The highest BCUT2D eigenvalue weighted by atomic mass is 32.1. The quantitative estimate of drug-likeness (QED) is 0.574. The third kappa shape index (κ3) is 2.27. The van der Waals surface area contributed by atoms with Gasteiger partial charge in [-0.15, -0.1) is 10.2 Å². The van der Waals surface area contributed by atoms with Crippen molar-refractivity contribution < 1.29 is 0 Å². The van der Waals surface area contributed by atoms with E-state index >= 15 is 0 Å². The van der Waals surface area contributed by atoms with Crippen LogP contribution < -0.4 is 0 Å². The molecule has 0 aliphatic rings. The average Bonchev–Trinajstić information content (AvgIpc) is 3.10. The van der Waals surface area contributed by atoms with E-state index in [1.165, 1.54) is 16.3 Å². The van der Waals surface area contributed by atoms with Gasteiger partial charge in [-0.05, 0) is 22.8 Å². The molecule has 110 valence electrons. The van der Waals surface area contributed by atoms with Gasteiger partial charge >= 0.3 is 0 Å². The van der Waals surface area contributed by atoms with Gasteiger partial charge < -0.3 is 0 Å². The van der Waals surface area contributed by atoms with E-state index in [0.717, 1.165) is 35.1 Å². The van der Waals surface area contributed by atoms with Crippen LogP contribution in [0.1, 0.15) is 29.7 Å². The Labute approximate surface area is 132 Å². The Hall–Kier alpha value is -2.27. The highest BCUT2D eigenvalue weighted by Crippen LogP contribution is 2.23. The van der Waals surface area contributed by atoms with E-state index < -0.39 is 0 Å². The lowest BCUT2D eigenvalue weighted by molar-refractivity contribution is 0.768. The van der Waals surface area contributed by atoms with Crippen molar-refractivity contribution >= 4 is 27.1 Å². The second-order valence-corrected chi connectivity index (χ2v) is 6.41. The molecule has 0 aliphatic heterocycles. The molecule has 0 N–H and O–H groups in total. The van der Waals surface area contributed by atoms with Gasteiger partial charge in [-0.25, -0.2) is 0 Å². The zero-order chi connectivity index (χ0) is 14.9. The first-order valence-corrected chi connectivity index (χ1v) is 8.33. The lowest BCUT2D eigenvalue weighted by Crippen LogP contribution is -1.97. The molecule has 5 heteroatoms. The summed E-state index contributed by atoms with van der Waals surface area (Å²) in [5, 5.41) is 16.8. The van der Waals surface area contributed by atoms with Crippen LogP contribution in [-0.4, -0.2) is 19.8 Å². The summed E-state index contributed by atoms with van der Waals surface area (Å²) in [6, 6.07) is 14.9. The Morgan fingerprint density at radius 1 is 1.05 bits per heavy atom. The Kier molecular flexibility index (Phi) is 3.35. The summed E-state index contributed by atoms with van der Waals surface area (Å²) < 4.78 is 1.90. The predicted molar refractivity (Wildman–Crippen MR) is 89.4 cm³/mol. The molecule has 2 aromatic carbocycles. The summed E-state index contributed by atoms with van der Waals surface area (Å²) >= 11 is 1.63. The summed E-state index contributed by atoms with van der Waals surface area (Å²) in [5.41, 5.74) is 1.31. The van der Waals surface area contributed by atoms with Crippen molar-refractivity contribution in [2.75, 3.05) is 0 Å². The zero-order valence-electron chi connectivity index (χ0n) is 12.4. The van der Waals surface area contributed by atoms with Gasteiger partial charge in [0.1, 0.15) is 5.01 Å². The lowest BCUT2D eigenvalue weighted by Gasteiger charge is -2.04. The molecule has 2 aromatic heterocycles. The van der Waals surface area contributed by atoms with Crippen molar-refractivity contribution in [3.63, 3.8) is 0 Å². The minimum atomic E-state index is 0.834. The van der Waals surface area contributed by atoms with E-state index in [0.29, 0.717) is 0 Å². The van der Waals surface area contributed by atoms with Crippen LogP contribution in [0.5, 0.6) is 0 Å². The fourth-order valence-electron chi connectivity index (χ4n) is 2.76. The molecule has 4 rings (SSSR count). The summed E-state index contributed by atoms with van der Waals surface area (Å²) in [5.74, 6) is 0.956. The molecule has 4 nitrogen and oxygen atoms in total. The molecule has 0 fully saturated rings. The Morgan fingerprint density at radius 3 is 2.82 bits per heavy atom. The highest BCUT2D eigenvalue weighted by Gasteiger charge is 2.12. The fraction of sp³-hybridized carbons (Fsp3) is 0.235. The zero-order valence-corrected chi connectivity index (χ0v) is 13.2. The second kappa shape index (κ2) is 5.50. The first-order valence-electron chi connectivity index (χ1n) is 7.52. The van der Waals surface area contributed by atoms with Crippen LogP contribution >= 0.6 is 11.3 Å². The molecule has 0 saturated carbocycles. The van der Waals surface area contributed by atoms with E-state index in [2.05, 4.69) is 59.6 Å². The maximum atomic E-state index is 4.70.